The van der Waals surface area contributed by atoms with Crippen molar-refractivity contribution >= 4 is 5.91 Å². The maximum atomic E-state index is 12.0. The molecule has 0 saturated heterocycles. The number of hydrogen-bond acceptors (Lipinski definition) is 4. The highest BCUT2D eigenvalue weighted by Crippen LogP contribution is 2.16. The van der Waals surface area contributed by atoms with E-state index in [1.54, 1.807) is 26.4 Å². The first-order chi connectivity index (χ1) is 10.2. The Morgan fingerprint density at radius 2 is 2.00 bits per heavy atom. The number of amides is 1. The zero-order chi connectivity index (χ0) is 15.1. The summed E-state index contributed by atoms with van der Waals surface area (Å²) in [5.41, 5.74) is 0. The molecule has 1 aromatic heterocycles. The Morgan fingerprint density at radius 1 is 1.24 bits per heavy atom. The van der Waals surface area contributed by atoms with Crippen LogP contribution >= 0.6 is 0 Å². The van der Waals surface area contributed by atoms with E-state index in [1.165, 1.54) is 0 Å². The molecule has 112 valence electrons. The van der Waals surface area contributed by atoms with E-state index in [2.05, 4.69) is 5.32 Å². The average molecular weight is 289 g/mol. The number of nitrogens with one attached hydrogen (secondary N) is 1. The standard InChI is InChI=1S/C16H19NO4/c1-12(21-13-7-4-3-5-8-13)16(18)17-11-15(19-2)14-9-6-10-20-14/h3-10,12,15H,11H2,1-2H3,(H,17,18). The van der Waals surface area contributed by atoms with E-state index in [-0.39, 0.29) is 12.0 Å². The largest absolute Gasteiger partial charge is 0.481 e. The summed E-state index contributed by atoms with van der Waals surface area (Å²) >= 11 is 0. The molecule has 0 aliphatic heterocycles. The highest BCUT2D eigenvalue weighted by molar-refractivity contribution is 5.80. The van der Waals surface area contributed by atoms with Crippen LogP contribution in [0.15, 0.2) is 53.1 Å². The summed E-state index contributed by atoms with van der Waals surface area (Å²) in [6.07, 6.45) is 0.680. The number of carbonyl (C=O) groups is 1. The van der Waals surface area contributed by atoms with Crippen molar-refractivity contribution < 1.29 is 18.7 Å². The SMILES string of the molecule is COC(CNC(=O)C(C)Oc1ccccc1)c1ccco1. The molecule has 1 N–H and O–H groups in total. The highest BCUT2D eigenvalue weighted by atomic mass is 16.5. The zero-order valence-electron chi connectivity index (χ0n) is 12.1. The van der Waals surface area contributed by atoms with Gasteiger partial charge < -0.3 is 19.2 Å². The first-order valence-electron chi connectivity index (χ1n) is 6.76. The summed E-state index contributed by atoms with van der Waals surface area (Å²) in [5.74, 6) is 1.14. The maximum absolute atomic E-state index is 12.0. The van der Waals surface area contributed by atoms with Gasteiger partial charge in [-0.15, -0.1) is 0 Å². The fourth-order valence-electron chi connectivity index (χ4n) is 1.87. The molecule has 0 aliphatic rings. The number of methoxy groups -OCH3 is 1. The van der Waals surface area contributed by atoms with Gasteiger partial charge in [0.15, 0.2) is 6.10 Å². The number of hydrogen-bond donors (Lipinski definition) is 1. The van der Waals surface area contributed by atoms with Crippen LogP contribution in [0.2, 0.25) is 0 Å². The van der Waals surface area contributed by atoms with Gasteiger partial charge >= 0.3 is 0 Å². The predicted molar refractivity (Wildman–Crippen MR) is 78.0 cm³/mol. The molecular formula is C16H19NO4. The molecule has 2 atom stereocenters. The van der Waals surface area contributed by atoms with Crippen molar-refractivity contribution in [1.82, 2.24) is 5.32 Å². The van der Waals surface area contributed by atoms with Gasteiger partial charge in [0.05, 0.1) is 12.8 Å². The monoisotopic (exact) mass is 289 g/mol. The van der Waals surface area contributed by atoms with Crippen molar-refractivity contribution in [1.29, 1.82) is 0 Å². The molecule has 1 heterocycles. The first kappa shape index (κ1) is 15.1. The average Bonchev–Trinajstić information content (AvgIpc) is 3.03. The summed E-state index contributed by atoms with van der Waals surface area (Å²) in [6, 6.07) is 12.8. The molecule has 0 saturated carbocycles. The lowest BCUT2D eigenvalue weighted by Gasteiger charge is -2.17. The molecule has 5 heteroatoms. The van der Waals surface area contributed by atoms with Crippen molar-refractivity contribution in [2.24, 2.45) is 0 Å². The molecule has 0 spiro atoms. The molecule has 0 aliphatic carbocycles. The molecular weight excluding hydrogens is 270 g/mol. The topological polar surface area (TPSA) is 60.7 Å². The molecule has 1 amide bonds. The fourth-order valence-corrected chi connectivity index (χ4v) is 1.87. The van der Waals surface area contributed by atoms with Crippen molar-refractivity contribution in [3.63, 3.8) is 0 Å². The predicted octanol–water partition coefficient (Wildman–Crippen LogP) is 2.55. The molecule has 1 aromatic carbocycles. The van der Waals surface area contributed by atoms with Crippen LogP contribution in [0.4, 0.5) is 0 Å². The van der Waals surface area contributed by atoms with Crippen LogP contribution in [-0.4, -0.2) is 25.7 Å². The first-order valence-corrected chi connectivity index (χ1v) is 6.76. The lowest BCUT2D eigenvalue weighted by molar-refractivity contribution is -0.127. The van der Waals surface area contributed by atoms with Gasteiger partial charge in [-0.05, 0) is 31.2 Å². The summed E-state index contributed by atoms with van der Waals surface area (Å²) in [6.45, 7) is 2.03. The van der Waals surface area contributed by atoms with Crippen molar-refractivity contribution in [2.45, 2.75) is 19.1 Å². The van der Waals surface area contributed by atoms with Gasteiger partial charge in [0.2, 0.25) is 0 Å². The molecule has 2 unspecified atom stereocenters. The summed E-state index contributed by atoms with van der Waals surface area (Å²) in [4.78, 5) is 12.0. The van der Waals surface area contributed by atoms with Crippen LogP contribution in [-0.2, 0) is 9.53 Å². The number of benzene rings is 1. The second-order valence-corrected chi connectivity index (χ2v) is 4.56. The second kappa shape index (κ2) is 7.50. The van der Waals surface area contributed by atoms with E-state index in [9.17, 15) is 4.79 Å². The summed E-state index contributed by atoms with van der Waals surface area (Å²) in [5, 5.41) is 2.79. The van der Waals surface area contributed by atoms with E-state index >= 15 is 0 Å². The van der Waals surface area contributed by atoms with Gasteiger partial charge in [-0.25, -0.2) is 0 Å². The normalized spacial score (nSPS) is 13.4. The Labute approximate surface area is 123 Å². The van der Waals surface area contributed by atoms with Crippen LogP contribution in [0, 0.1) is 0 Å². The third-order valence-corrected chi connectivity index (χ3v) is 3.03. The van der Waals surface area contributed by atoms with Gasteiger partial charge in [0.1, 0.15) is 17.6 Å². The summed E-state index contributed by atoms with van der Waals surface area (Å²) in [7, 11) is 1.57. The Balaban J connectivity index is 1.83. The smallest absolute Gasteiger partial charge is 0.260 e. The third kappa shape index (κ3) is 4.36. The number of rotatable bonds is 7. The van der Waals surface area contributed by atoms with Crippen molar-refractivity contribution in [3.8, 4) is 5.75 Å². The number of para-hydroxylation sites is 1. The van der Waals surface area contributed by atoms with Crippen molar-refractivity contribution in [3.05, 3.63) is 54.5 Å². The lowest BCUT2D eigenvalue weighted by atomic mass is 10.2. The molecule has 5 nitrogen and oxygen atoms in total. The minimum Gasteiger partial charge on any atom is -0.481 e. The minimum absolute atomic E-state index is 0.201. The molecule has 2 rings (SSSR count). The van der Waals surface area contributed by atoms with Crippen LogP contribution < -0.4 is 10.1 Å². The Hall–Kier alpha value is -2.27. The van der Waals surface area contributed by atoms with Gasteiger partial charge in [-0.1, -0.05) is 18.2 Å². The number of carbonyl (C=O) groups excluding carboxylic acids is 1. The van der Waals surface area contributed by atoms with E-state index in [0.29, 0.717) is 18.1 Å². The molecule has 0 radical (unpaired) electrons. The van der Waals surface area contributed by atoms with E-state index in [1.807, 2.05) is 36.4 Å². The molecule has 0 bridgehead atoms. The Morgan fingerprint density at radius 3 is 2.62 bits per heavy atom. The Kier molecular flexibility index (Phi) is 5.40. The van der Waals surface area contributed by atoms with Gasteiger partial charge in [-0.2, -0.15) is 0 Å². The van der Waals surface area contributed by atoms with Crippen LogP contribution in [0.25, 0.3) is 0 Å². The molecule has 21 heavy (non-hydrogen) atoms. The van der Waals surface area contributed by atoms with E-state index < -0.39 is 6.10 Å². The lowest BCUT2D eigenvalue weighted by Crippen LogP contribution is -2.38. The highest BCUT2D eigenvalue weighted by Gasteiger charge is 2.18. The van der Waals surface area contributed by atoms with Crippen LogP contribution in [0.5, 0.6) is 5.75 Å². The fraction of sp³-hybridized carbons (Fsp3) is 0.312. The second-order valence-electron chi connectivity index (χ2n) is 4.56. The maximum Gasteiger partial charge on any atom is 0.260 e. The van der Waals surface area contributed by atoms with Crippen molar-refractivity contribution in [2.75, 3.05) is 13.7 Å². The minimum atomic E-state index is -0.582. The Bertz CT molecular complexity index is 539. The summed E-state index contributed by atoms with van der Waals surface area (Å²) < 4.78 is 16.1. The van der Waals surface area contributed by atoms with Gasteiger partial charge in [-0.3, -0.25) is 4.79 Å². The van der Waals surface area contributed by atoms with Crippen LogP contribution in [0.3, 0.4) is 0 Å². The molecule has 2 aromatic rings. The van der Waals surface area contributed by atoms with Gasteiger partial charge in [0.25, 0.3) is 5.91 Å². The number of furan rings is 1. The van der Waals surface area contributed by atoms with Crippen LogP contribution in [0.1, 0.15) is 18.8 Å². The van der Waals surface area contributed by atoms with E-state index in [0.717, 1.165) is 0 Å². The van der Waals surface area contributed by atoms with Gasteiger partial charge in [0, 0.05) is 7.11 Å². The molecule has 0 fully saturated rings. The quantitative estimate of drug-likeness (QED) is 0.851. The number of ether oxygens (including phenoxy) is 2. The van der Waals surface area contributed by atoms with E-state index in [4.69, 9.17) is 13.9 Å². The third-order valence-electron chi connectivity index (χ3n) is 3.03. The zero-order valence-corrected chi connectivity index (χ0v) is 12.1.